The van der Waals surface area contributed by atoms with E-state index in [1.807, 2.05) is 36.4 Å². The minimum Gasteiger partial charge on any atom is -0.322 e. The summed E-state index contributed by atoms with van der Waals surface area (Å²) in [6.45, 7) is 1.01. The number of halogens is 1. The molecule has 1 amide bonds. The maximum atomic E-state index is 12.7. The summed E-state index contributed by atoms with van der Waals surface area (Å²) in [4.78, 5) is 13.3. The highest BCUT2D eigenvalue weighted by Gasteiger charge is 2.29. The van der Waals surface area contributed by atoms with Gasteiger partial charge in [-0.3, -0.25) is 4.79 Å². The van der Waals surface area contributed by atoms with Crippen LogP contribution < -0.4 is 5.32 Å². The third kappa shape index (κ3) is 4.50. The van der Waals surface area contributed by atoms with Crippen LogP contribution in [0.3, 0.4) is 0 Å². The van der Waals surface area contributed by atoms with E-state index in [0.29, 0.717) is 9.90 Å². The molecule has 0 unspecified atom stereocenters. The second-order valence-corrected chi connectivity index (χ2v) is 10.1. The van der Waals surface area contributed by atoms with Crippen molar-refractivity contribution >= 4 is 44.6 Å². The van der Waals surface area contributed by atoms with E-state index >= 15 is 0 Å². The summed E-state index contributed by atoms with van der Waals surface area (Å²) in [5.74, 6) is -0.151. The summed E-state index contributed by atoms with van der Waals surface area (Å²) in [6, 6.07) is 16.8. The Morgan fingerprint density at radius 3 is 2.45 bits per heavy atom. The van der Waals surface area contributed by atoms with Gasteiger partial charge >= 0.3 is 0 Å². The van der Waals surface area contributed by atoms with Gasteiger partial charge < -0.3 is 9.80 Å². The Bertz CT molecular complexity index is 1000. The molecule has 1 saturated carbocycles. The third-order valence-electron chi connectivity index (χ3n) is 6.11. The van der Waals surface area contributed by atoms with E-state index in [-0.39, 0.29) is 5.91 Å². The van der Waals surface area contributed by atoms with Crippen molar-refractivity contribution in [2.45, 2.75) is 44.7 Å². The van der Waals surface area contributed by atoms with Crippen LogP contribution in [0.25, 0.3) is 10.1 Å². The number of benzene rings is 2. The first-order chi connectivity index (χ1) is 13.9. The van der Waals surface area contributed by atoms with Crippen molar-refractivity contribution in [2.24, 2.45) is 0 Å². The third-order valence-corrected chi connectivity index (χ3v) is 7.78. The number of carbonyl (C=O) groups excluding carboxylic acids is 1. The van der Waals surface area contributed by atoms with E-state index < -0.39 is 0 Å². The maximum Gasteiger partial charge on any atom is 0.267 e. The highest BCUT2D eigenvalue weighted by molar-refractivity contribution is 7.21. The summed E-state index contributed by atoms with van der Waals surface area (Å²) < 4.78 is 2.06. The van der Waals surface area contributed by atoms with Crippen LogP contribution in [0.15, 0.2) is 48.5 Å². The summed E-state index contributed by atoms with van der Waals surface area (Å²) in [5.41, 5.74) is 2.11. The molecular formula is C24H28ClN2OS+. The van der Waals surface area contributed by atoms with Crippen LogP contribution in [0, 0.1) is 0 Å². The molecule has 2 aromatic carbocycles. The lowest BCUT2D eigenvalue weighted by Gasteiger charge is -2.40. The second kappa shape index (κ2) is 8.47. The molecular weight excluding hydrogens is 400 g/mol. The zero-order chi connectivity index (χ0) is 20.4. The minimum absolute atomic E-state index is 0.151. The van der Waals surface area contributed by atoms with Gasteiger partial charge in [0.1, 0.15) is 11.4 Å². The first-order valence-electron chi connectivity index (χ1n) is 10.3. The normalized spacial score (nSPS) is 15.6. The van der Waals surface area contributed by atoms with Gasteiger partial charge in [0.05, 0.1) is 25.2 Å². The van der Waals surface area contributed by atoms with Crippen molar-refractivity contribution in [3.63, 3.8) is 0 Å². The molecule has 0 spiro atoms. The molecule has 1 aromatic heterocycles. The van der Waals surface area contributed by atoms with Crippen LogP contribution >= 0.6 is 22.9 Å². The Hall–Kier alpha value is -1.88. The molecule has 4 rings (SSSR count). The van der Waals surface area contributed by atoms with Crippen LogP contribution in [0.5, 0.6) is 0 Å². The number of nitrogens with one attached hydrogen (secondary N) is 1. The van der Waals surface area contributed by atoms with Gasteiger partial charge in [0.25, 0.3) is 5.91 Å². The molecule has 152 valence electrons. The predicted molar refractivity (Wildman–Crippen MR) is 124 cm³/mol. The smallest absolute Gasteiger partial charge is 0.267 e. The monoisotopic (exact) mass is 427 g/mol. The van der Waals surface area contributed by atoms with E-state index in [4.69, 9.17) is 11.6 Å². The van der Waals surface area contributed by atoms with E-state index in [1.165, 1.54) is 49.0 Å². The number of quaternary nitrogens is 1. The van der Waals surface area contributed by atoms with Crippen LogP contribution in [-0.2, 0) is 6.54 Å². The largest absolute Gasteiger partial charge is 0.322 e. The van der Waals surface area contributed by atoms with Crippen molar-refractivity contribution in [2.75, 3.05) is 19.4 Å². The first kappa shape index (κ1) is 20.4. The molecule has 1 fully saturated rings. The van der Waals surface area contributed by atoms with Crippen LogP contribution in [0.2, 0.25) is 5.02 Å². The van der Waals surface area contributed by atoms with Gasteiger partial charge in [0, 0.05) is 21.3 Å². The molecule has 5 heteroatoms. The minimum atomic E-state index is -0.151. The lowest BCUT2D eigenvalue weighted by molar-refractivity contribution is -0.929. The topological polar surface area (TPSA) is 29.1 Å². The Morgan fingerprint density at radius 2 is 1.76 bits per heavy atom. The van der Waals surface area contributed by atoms with E-state index in [0.717, 1.165) is 32.8 Å². The van der Waals surface area contributed by atoms with Gasteiger partial charge in [0.2, 0.25) is 0 Å². The number of anilines is 1. The molecule has 3 nitrogen and oxygen atoms in total. The van der Waals surface area contributed by atoms with Crippen molar-refractivity contribution in [3.8, 4) is 0 Å². The molecule has 1 aliphatic rings. The maximum absolute atomic E-state index is 12.7. The molecule has 0 atom stereocenters. The number of carbonyl (C=O) groups is 1. The lowest BCUT2D eigenvalue weighted by Crippen LogP contribution is -2.48. The number of amides is 1. The lowest BCUT2D eigenvalue weighted by atomic mass is 9.92. The summed E-state index contributed by atoms with van der Waals surface area (Å²) in [5, 5.41) is 4.46. The fourth-order valence-electron chi connectivity index (χ4n) is 4.42. The fourth-order valence-corrected chi connectivity index (χ4v) is 5.83. The molecule has 1 aliphatic carbocycles. The summed E-state index contributed by atoms with van der Waals surface area (Å²) >= 11 is 7.87. The average molecular weight is 428 g/mol. The van der Waals surface area contributed by atoms with Gasteiger partial charge in [-0.25, -0.2) is 0 Å². The number of hydrogen-bond acceptors (Lipinski definition) is 2. The Morgan fingerprint density at radius 1 is 1.07 bits per heavy atom. The average Bonchev–Trinajstić information content (AvgIpc) is 3.07. The molecule has 0 bridgehead atoms. The Balaban J connectivity index is 1.43. The first-order valence-corrected chi connectivity index (χ1v) is 11.5. The quantitative estimate of drug-likeness (QED) is 0.450. The van der Waals surface area contributed by atoms with Gasteiger partial charge in [-0.05, 0) is 43.9 Å². The van der Waals surface area contributed by atoms with Crippen molar-refractivity contribution in [1.29, 1.82) is 0 Å². The van der Waals surface area contributed by atoms with E-state index in [2.05, 4.69) is 31.5 Å². The molecule has 3 aromatic rings. The molecule has 29 heavy (non-hydrogen) atoms. The Kier molecular flexibility index (Phi) is 5.95. The second-order valence-electron chi connectivity index (χ2n) is 8.62. The van der Waals surface area contributed by atoms with Crippen LogP contribution in [-0.4, -0.2) is 30.5 Å². The SMILES string of the molecule is C[N+](C)(Cc1ccc(NC(=O)c2sc3ccccc3c2Cl)cc1)C1CCCCC1. The predicted octanol–water partition coefficient (Wildman–Crippen LogP) is 6.72. The number of rotatable bonds is 5. The summed E-state index contributed by atoms with van der Waals surface area (Å²) in [6.07, 6.45) is 6.76. The fraction of sp³-hybridized carbons (Fsp3) is 0.375. The Labute approximate surface area is 181 Å². The molecule has 1 heterocycles. The van der Waals surface area contributed by atoms with Crippen LogP contribution in [0.1, 0.15) is 47.3 Å². The molecule has 1 N–H and O–H groups in total. The van der Waals surface area contributed by atoms with Gasteiger partial charge in [0.15, 0.2) is 0 Å². The highest BCUT2D eigenvalue weighted by atomic mass is 35.5. The number of thiophene rings is 1. The van der Waals surface area contributed by atoms with Gasteiger partial charge in [-0.1, -0.05) is 48.4 Å². The zero-order valence-electron chi connectivity index (χ0n) is 17.1. The number of fused-ring (bicyclic) bond motifs is 1. The van der Waals surface area contributed by atoms with Crippen molar-refractivity contribution in [1.82, 2.24) is 0 Å². The van der Waals surface area contributed by atoms with Crippen molar-refractivity contribution < 1.29 is 9.28 Å². The number of hydrogen-bond donors (Lipinski definition) is 1. The van der Waals surface area contributed by atoms with Gasteiger partial charge in [-0.15, -0.1) is 11.3 Å². The van der Waals surface area contributed by atoms with E-state index in [9.17, 15) is 4.79 Å². The zero-order valence-corrected chi connectivity index (χ0v) is 18.7. The summed E-state index contributed by atoms with van der Waals surface area (Å²) in [7, 11) is 4.68. The molecule has 0 saturated heterocycles. The highest BCUT2D eigenvalue weighted by Crippen LogP contribution is 2.35. The molecule has 0 radical (unpaired) electrons. The van der Waals surface area contributed by atoms with E-state index in [1.54, 1.807) is 0 Å². The van der Waals surface area contributed by atoms with Crippen LogP contribution in [0.4, 0.5) is 5.69 Å². The molecule has 0 aliphatic heterocycles. The van der Waals surface area contributed by atoms with Gasteiger partial charge in [-0.2, -0.15) is 0 Å². The standard InChI is InChI=1S/C24H27ClN2OS/c1-27(2,19-8-4-3-5-9-19)16-17-12-14-18(15-13-17)26-24(28)23-22(25)20-10-6-7-11-21(20)29-23/h6-7,10-15,19H,3-5,8-9,16H2,1-2H3/p+1. The number of nitrogens with zero attached hydrogens (tertiary/aromatic N) is 1. The van der Waals surface area contributed by atoms with Crippen molar-refractivity contribution in [3.05, 3.63) is 64.0 Å².